The van der Waals surface area contributed by atoms with Crippen LogP contribution in [0.5, 0.6) is 0 Å². The van der Waals surface area contributed by atoms with Gasteiger partial charge in [-0.3, -0.25) is 4.79 Å². The first-order valence-electron chi connectivity index (χ1n) is 6.27. The molecule has 0 radical (unpaired) electrons. The highest BCUT2D eigenvalue weighted by atomic mass is 19.2. The first kappa shape index (κ1) is 16.6. The molecule has 0 fully saturated rings. The molecule has 0 saturated carbocycles. The number of nitrogens with one attached hydrogen (secondary N) is 1. The van der Waals surface area contributed by atoms with Crippen LogP contribution in [0, 0.1) is 24.0 Å². The minimum atomic E-state index is -1.26. The highest BCUT2D eigenvalue weighted by Crippen LogP contribution is 2.12. The Bertz CT molecular complexity index is 567. The maximum atomic E-state index is 13.5. The van der Waals surface area contributed by atoms with Crippen LogP contribution < -0.4 is 5.32 Å². The molecule has 1 rings (SSSR count). The summed E-state index contributed by atoms with van der Waals surface area (Å²) in [5, 5.41) is 2.32. The van der Waals surface area contributed by atoms with Gasteiger partial charge in [0, 0.05) is 6.42 Å². The van der Waals surface area contributed by atoms with Gasteiger partial charge in [0.05, 0.1) is 12.7 Å². The molecule has 0 spiro atoms. The Morgan fingerprint density at radius 3 is 2.76 bits per heavy atom. The van der Waals surface area contributed by atoms with E-state index in [9.17, 15) is 18.4 Å². The number of methoxy groups -OCH3 is 1. The smallest absolute Gasteiger partial charge is 0.328 e. The van der Waals surface area contributed by atoms with Gasteiger partial charge in [-0.15, -0.1) is 12.3 Å². The minimum absolute atomic E-state index is 0.250. The maximum absolute atomic E-state index is 13.5. The summed E-state index contributed by atoms with van der Waals surface area (Å²) in [6, 6.07) is 2.28. The second-order valence-electron chi connectivity index (χ2n) is 4.25. The summed E-state index contributed by atoms with van der Waals surface area (Å²) >= 11 is 0. The first-order valence-corrected chi connectivity index (χ1v) is 6.27. The summed E-state index contributed by atoms with van der Waals surface area (Å²) in [6.07, 6.45) is 6.27. The lowest BCUT2D eigenvalue weighted by Crippen LogP contribution is -2.41. The van der Waals surface area contributed by atoms with Crippen LogP contribution in [0.25, 0.3) is 0 Å². The molecule has 1 aromatic rings. The number of halogens is 2. The predicted octanol–water partition coefficient (Wildman–Crippen LogP) is 2.04. The van der Waals surface area contributed by atoms with Crippen molar-refractivity contribution in [1.29, 1.82) is 0 Å². The number of unbranched alkanes of at least 4 members (excludes halogenated alkanes) is 1. The zero-order chi connectivity index (χ0) is 15.8. The van der Waals surface area contributed by atoms with Crippen LogP contribution in [0.15, 0.2) is 18.2 Å². The van der Waals surface area contributed by atoms with Crippen molar-refractivity contribution in [3.05, 3.63) is 35.4 Å². The Labute approximate surface area is 121 Å². The topological polar surface area (TPSA) is 55.4 Å². The van der Waals surface area contributed by atoms with Gasteiger partial charge in [0.2, 0.25) is 0 Å². The number of benzene rings is 1. The molecule has 21 heavy (non-hydrogen) atoms. The van der Waals surface area contributed by atoms with E-state index in [1.54, 1.807) is 0 Å². The zero-order valence-electron chi connectivity index (χ0n) is 11.5. The van der Waals surface area contributed by atoms with Crippen LogP contribution >= 0.6 is 0 Å². The Hall–Kier alpha value is -2.42. The number of rotatable bonds is 6. The first-order chi connectivity index (χ1) is 10.0. The fraction of sp³-hybridized carbons (Fsp3) is 0.333. The zero-order valence-corrected chi connectivity index (χ0v) is 11.5. The number of esters is 1. The Kier molecular flexibility index (Phi) is 6.34. The second kappa shape index (κ2) is 8.00. The van der Waals surface area contributed by atoms with Gasteiger partial charge in [-0.05, 0) is 25.0 Å². The summed E-state index contributed by atoms with van der Waals surface area (Å²) < 4.78 is 31.2. The minimum Gasteiger partial charge on any atom is -0.467 e. The van der Waals surface area contributed by atoms with Gasteiger partial charge in [-0.1, -0.05) is 6.07 Å². The number of ether oxygens (including phenoxy) is 1. The van der Waals surface area contributed by atoms with Crippen molar-refractivity contribution in [2.45, 2.75) is 25.3 Å². The molecular formula is C15H15F2NO3. The van der Waals surface area contributed by atoms with E-state index < -0.39 is 35.1 Å². The molecule has 4 nitrogen and oxygen atoms in total. The second-order valence-corrected chi connectivity index (χ2v) is 4.25. The molecule has 0 aliphatic carbocycles. The third kappa shape index (κ3) is 4.56. The van der Waals surface area contributed by atoms with E-state index in [2.05, 4.69) is 16.0 Å². The molecule has 0 aliphatic heterocycles. The van der Waals surface area contributed by atoms with Crippen molar-refractivity contribution in [2.24, 2.45) is 0 Å². The third-order valence-corrected chi connectivity index (χ3v) is 2.80. The number of carbonyl (C=O) groups excluding carboxylic acids is 2. The van der Waals surface area contributed by atoms with Crippen molar-refractivity contribution in [3.8, 4) is 12.3 Å². The highest BCUT2D eigenvalue weighted by Gasteiger charge is 2.23. The van der Waals surface area contributed by atoms with Crippen molar-refractivity contribution in [3.63, 3.8) is 0 Å². The van der Waals surface area contributed by atoms with Crippen LogP contribution in [0.1, 0.15) is 29.6 Å². The molecule has 112 valence electrons. The van der Waals surface area contributed by atoms with Gasteiger partial charge < -0.3 is 10.1 Å². The van der Waals surface area contributed by atoms with E-state index in [0.29, 0.717) is 12.8 Å². The monoisotopic (exact) mass is 295 g/mol. The number of terminal acetylenes is 1. The van der Waals surface area contributed by atoms with Crippen LogP contribution in [0.4, 0.5) is 8.78 Å². The van der Waals surface area contributed by atoms with Gasteiger partial charge in [-0.2, -0.15) is 0 Å². The summed E-state index contributed by atoms with van der Waals surface area (Å²) in [5.41, 5.74) is -0.471. The largest absolute Gasteiger partial charge is 0.467 e. The summed E-state index contributed by atoms with van der Waals surface area (Å²) in [6.45, 7) is 0. The molecule has 1 aromatic carbocycles. The molecule has 0 aromatic heterocycles. The molecule has 1 atom stereocenters. The fourth-order valence-electron chi connectivity index (χ4n) is 1.71. The van der Waals surface area contributed by atoms with Gasteiger partial charge in [-0.25, -0.2) is 13.6 Å². The Morgan fingerprint density at radius 1 is 1.43 bits per heavy atom. The van der Waals surface area contributed by atoms with E-state index in [1.165, 1.54) is 13.2 Å². The molecule has 0 aliphatic rings. The molecule has 0 heterocycles. The molecule has 1 amide bonds. The average molecular weight is 295 g/mol. The molecule has 6 heteroatoms. The van der Waals surface area contributed by atoms with Crippen molar-refractivity contribution < 1.29 is 23.1 Å². The lowest BCUT2D eigenvalue weighted by Gasteiger charge is -2.16. The average Bonchev–Trinajstić information content (AvgIpc) is 2.48. The number of hydrogen-bond donors (Lipinski definition) is 1. The number of hydrogen-bond acceptors (Lipinski definition) is 3. The molecule has 0 saturated heterocycles. The van der Waals surface area contributed by atoms with Gasteiger partial charge in [0.15, 0.2) is 11.6 Å². The summed E-state index contributed by atoms with van der Waals surface area (Å²) in [4.78, 5) is 23.5. The van der Waals surface area contributed by atoms with Gasteiger partial charge in [0.25, 0.3) is 5.91 Å². The molecule has 0 unspecified atom stereocenters. The lowest BCUT2D eigenvalue weighted by atomic mass is 10.1. The number of carbonyl (C=O) groups is 2. The SMILES string of the molecule is C#CCCC[C@H](NC(=O)c1cccc(F)c1F)C(=O)OC. The summed E-state index contributed by atoms with van der Waals surface area (Å²) in [5.74, 6) is -1.54. The van der Waals surface area contributed by atoms with Crippen LogP contribution in [0.3, 0.4) is 0 Å². The van der Waals surface area contributed by atoms with E-state index in [-0.39, 0.29) is 6.42 Å². The predicted molar refractivity (Wildman–Crippen MR) is 72.3 cm³/mol. The van der Waals surface area contributed by atoms with E-state index in [1.807, 2.05) is 0 Å². The van der Waals surface area contributed by atoms with Crippen LogP contribution in [-0.2, 0) is 9.53 Å². The molecule has 0 bridgehead atoms. The Balaban J connectivity index is 2.82. The standard InChI is InChI=1S/C15H15F2NO3/c1-3-4-5-9-12(15(20)21-2)18-14(19)10-7-6-8-11(16)13(10)17/h1,6-8,12H,4-5,9H2,2H3,(H,18,19)/t12-/m0/s1. The van der Waals surface area contributed by atoms with Gasteiger partial charge >= 0.3 is 5.97 Å². The van der Waals surface area contributed by atoms with E-state index >= 15 is 0 Å². The fourth-order valence-corrected chi connectivity index (χ4v) is 1.71. The van der Waals surface area contributed by atoms with Crippen molar-refractivity contribution >= 4 is 11.9 Å². The van der Waals surface area contributed by atoms with Crippen LogP contribution in [-0.4, -0.2) is 25.0 Å². The maximum Gasteiger partial charge on any atom is 0.328 e. The van der Waals surface area contributed by atoms with Crippen LogP contribution in [0.2, 0.25) is 0 Å². The quantitative estimate of drug-likeness (QED) is 0.496. The van der Waals surface area contributed by atoms with Gasteiger partial charge in [0.1, 0.15) is 6.04 Å². The highest BCUT2D eigenvalue weighted by molar-refractivity contribution is 5.97. The lowest BCUT2D eigenvalue weighted by molar-refractivity contribution is -0.143. The van der Waals surface area contributed by atoms with E-state index in [4.69, 9.17) is 6.42 Å². The Morgan fingerprint density at radius 2 is 2.14 bits per heavy atom. The summed E-state index contributed by atoms with van der Waals surface area (Å²) in [7, 11) is 1.17. The molecular weight excluding hydrogens is 280 g/mol. The number of amides is 1. The van der Waals surface area contributed by atoms with E-state index in [0.717, 1.165) is 12.1 Å². The normalized spacial score (nSPS) is 11.3. The third-order valence-electron chi connectivity index (χ3n) is 2.80. The van der Waals surface area contributed by atoms with Crippen molar-refractivity contribution in [1.82, 2.24) is 5.32 Å². The van der Waals surface area contributed by atoms with Crippen molar-refractivity contribution in [2.75, 3.05) is 7.11 Å². The molecule has 1 N–H and O–H groups in total.